The van der Waals surface area contributed by atoms with Crippen LogP contribution < -0.4 is 15.2 Å². The van der Waals surface area contributed by atoms with E-state index in [2.05, 4.69) is 10.2 Å². The van der Waals surface area contributed by atoms with Gasteiger partial charge in [0.05, 0.1) is 19.9 Å². The van der Waals surface area contributed by atoms with Crippen molar-refractivity contribution in [2.45, 2.75) is 20.4 Å². The highest BCUT2D eigenvalue weighted by Crippen LogP contribution is 2.41. The van der Waals surface area contributed by atoms with Gasteiger partial charge < -0.3 is 15.2 Å². The molecule has 5 nitrogen and oxygen atoms in total. The average molecular weight is 261 g/mol. The molecule has 2 rings (SSSR count). The van der Waals surface area contributed by atoms with E-state index in [0.717, 1.165) is 28.1 Å². The summed E-state index contributed by atoms with van der Waals surface area (Å²) in [6.45, 7) is 4.39. The lowest BCUT2D eigenvalue weighted by Crippen LogP contribution is -2.01. The van der Waals surface area contributed by atoms with Crippen LogP contribution in [0.1, 0.15) is 17.0 Å². The molecule has 0 radical (unpaired) electrons. The van der Waals surface area contributed by atoms with Gasteiger partial charge >= 0.3 is 0 Å². The largest absolute Gasteiger partial charge is 0.493 e. The highest BCUT2D eigenvalue weighted by atomic mass is 16.5. The van der Waals surface area contributed by atoms with Gasteiger partial charge in [0, 0.05) is 23.4 Å². The van der Waals surface area contributed by atoms with Crippen molar-refractivity contribution in [2.75, 3.05) is 14.2 Å². The Bertz CT molecular complexity index is 571. The number of benzene rings is 1. The Morgan fingerprint density at radius 1 is 1.21 bits per heavy atom. The highest BCUT2D eigenvalue weighted by Gasteiger charge is 2.18. The third kappa shape index (κ3) is 2.29. The summed E-state index contributed by atoms with van der Waals surface area (Å²) in [6.07, 6.45) is 0. The van der Waals surface area contributed by atoms with Crippen LogP contribution in [0.3, 0.4) is 0 Å². The Kier molecular flexibility index (Phi) is 3.76. The smallest absolute Gasteiger partial charge is 0.168 e. The van der Waals surface area contributed by atoms with E-state index in [1.165, 1.54) is 0 Å². The van der Waals surface area contributed by atoms with Gasteiger partial charge in [0.1, 0.15) is 0 Å². The first kappa shape index (κ1) is 13.4. The van der Waals surface area contributed by atoms with Gasteiger partial charge in [-0.25, -0.2) is 0 Å². The van der Waals surface area contributed by atoms with E-state index in [0.29, 0.717) is 18.0 Å². The van der Waals surface area contributed by atoms with Crippen LogP contribution in [-0.4, -0.2) is 24.4 Å². The molecule has 1 aromatic heterocycles. The van der Waals surface area contributed by atoms with E-state index >= 15 is 0 Å². The van der Waals surface area contributed by atoms with Gasteiger partial charge in [0.2, 0.25) is 0 Å². The Balaban J connectivity index is 2.74. The summed E-state index contributed by atoms with van der Waals surface area (Å²) in [6, 6.07) is 3.92. The number of nitrogens with two attached hydrogens (primary N) is 1. The first-order valence-corrected chi connectivity index (χ1v) is 6.09. The zero-order valence-corrected chi connectivity index (χ0v) is 11.7. The third-order valence-corrected chi connectivity index (χ3v) is 3.17. The molecule has 1 aromatic carbocycles. The fourth-order valence-electron chi connectivity index (χ4n) is 2.27. The topological polar surface area (TPSA) is 73.2 Å². The summed E-state index contributed by atoms with van der Waals surface area (Å²) in [5, 5.41) is 7.21. The summed E-state index contributed by atoms with van der Waals surface area (Å²) in [5.74, 6) is 1.38. The van der Waals surface area contributed by atoms with Gasteiger partial charge in [-0.1, -0.05) is 0 Å². The number of nitrogens with zero attached hydrogens (tertiary/aromatic N) is 1. The average Bonchev–Trinajstić information content (AvgIpc) is 2.76. The molecule has 5 heteroatoms. The van der Waals surface area contributed by atoms with E-state index in [-0.39, 0.29) is 0 Å². The van der Waals surface area contributed by atoms with Crippen molar-refractivity contribution in [1.82, 2.24) is 10.2 Å². The standard InChI is InChI=1S/C14H19N3O2/c1-8-13(9(2)17-16-8)11-5-10(7-15)6-12(18-3)14(11)19-4/h5-6H,7,15H2,1-4H3,(H,16,17). The summed E-state index contributed by atoms with van der Waals surface area (Å²) >= 11 is 0. The number of rotatable bonds is 4. The Morgan fingerprint density at radius 2 is 1.95 bits per heavy atom. The molecule has 0 saturated carbocycles. The normalized spacial score (nSPS) is 10.6. The predicted octanol–water partition coefficient (Wildman–Crippen LogP) is 2.17. The molecular weight excluding hydrogens is 242 g/mol. The molecule has 1 heterocycles. The molecule has 0 aliphatic carbocycles. The number of aromatic amines is 1. The minimum atomic E-state index is 0.448. The van der Waals surface area contributed by atoms with Crippen molar-refractivity contribution in [2.24, 2.45) is 5.73 Å². The fraction of sp³-hybridized carbons (Fsp3) is 0.357. The monoisotopic (exact) mass is 261 g/mol. The number of H-pyrrole nitrogens is 1. The second-order valence-corrected chi connectivity index (χ2v) is 4.39. The summed E-state index contributed by atoms with van der Waals surface area (Å²) in [5.41, 5.74) is 10.6. The predicted molar refractivity (Wildman–Crippen MR) is 74.5 cm³/mol. The number of hydrogen-bond donors (Lipinski definition) is 2. The summed E-state index contributed by atoms with van der Waals surface area (Å²) in [7, 11) is 3.26. The molecule has 19 heavy (non-hydrogen) atoms. The molecule has 0 unspecified atom stereocenters. The molecule has 0 spiro atoms. The van der Waals surface area contributed by atoms with Crippen LogP contribution in [0.4, 0.5) is 0 Å². The summed E-state index contributed by atoms with van der Waals surface area (Å²) < 4.78 is 10.9. The van der Waals surface area contributed by atoms with Crippen molar-refractivity contribution in [1.29, 1.82) is 0 Å². The van der Waals surface area contributed by atoms with E-state index in [1.807, 2.05) is 26.0 Å². The number of ether oxygens (including phenoxy) is 2. The second-order valence-electron chi connectivity index (χ2n) is 4.39. The molecular formula is C14H19N3O2. The SMILES string of the molecule is COc1cc(CN)cc(-c2c(C)n[nH]c2C)c1OC. The lowest BCUT2D eigenvalue weighted by Gasteiger charge is -2.15. The van der Waals surface area contributed by atoms with Crippen LogP contribution in [0.2, 0.25) is 0 Å². The zero-order valence-electron chi connectivity index (χ0n) is 11.7. The van der Waals surface area contributed by atoms with Crippen LogP contribution in [0.25, 0.3) is 11.1 Å². The van der Waals surface area contributed by atoms with E-state index in [1.54, 1.807) is 14.2 Å². The van der Waals surface area contributed by atoms with Gasteiger partial charge in [0.25, 0.3) is 0 Å². The number of aromatic nitrogens is 2. The number of methoxy groups -OCH3 is 2. The molecule has 2 aromatic rings. The van der Waals surface area contributed by atoms with Crippen LogP contribution in [-0.2, 0) is 6.54 Å². The van der Waals surface area contributed by atoms with Gasteiger partial charge in [-0.05, 0) is 31.5 Å². The minimum absolute atomic E-state index is 0.448. The van der Waals surface area contributed by atoms with E-state index in [9.17, 15) is 0 Å². The first-order chi connectivity index (χ1) is 9.12. The highest BCUT2D eigenvalue weighted by molar-refractivity contribution is 5.78. The van der Waals surface area contributed by atoms with Gasteiger partial charge in [-0.15, -0.1) is 0 Å². The molecule has 0 atom stereocenters. The minimum Gasteiger partial charge on any atom is -0.493 e. The molecule has 0 bridgehead atoms. The van der Waals surface area contributed by atoms with Crippen molar-refractivity contribution < 1.29 is 9.47 Å². The maximum atomic E-state index is 5.74. The van der Waals surface area contributed by atoms with Gasteiger partial charge in [0.15, 0.2) is 11.5 Å². The molecule has 0 aliphatic rings. The van der Waals surface area contributed by atoms with Crippen LogP contribution in [0.15, 0.2) is 12.1 Å². The molecule has 3 N–H and O–H groups in total. The first-order valence-electron chi connectivity index (χ1n) is 6.09. The van der Waals surface area contributed by atoms with Crippen molar-refractivity contribution in [3.05, 3.63) is 29.1 Å². The fourth-order valence-corrected chi connectivity index (χ4v) is 2.27. The maximum Gasteiger partial charge on any atom is 0.168 e. The number of hydrogen-bond acceptors (Lipinski definition) is 4. The van der Waals surface area contributed by atoms with E-state index < -0.39 is 0 Å². The molecule has 0 aliphatic heterocycles. The van der Waals surface area contributed by atoms with Crippen molar-refractivity contribution in [3.8, 4) is 22.6 Å². The van der Waals surface area contributed by atoms with Crippen LogP contribution >= 0.6 is 0 Å². The molecule has 0 amide bonds. The lowest BCUT2D eigenvalue weighted by molar-refractivity contribution is 0.355. The van der Waals surface area contributed by atoms with Crippen LogP contribution in [0.5, 0.6) is 11.5 Å². The Morgan fingerprint density at radius 3 is 2.42 bits per heavy atom. The molecule has 102 valence electrons. The van der Waals surface area contributed by atoms with Crippen LogP contribution in [0, 0.1) is 13.8 Å². The van der Waals surface area contributed by atoms with Gasteiger partial charge in [-0.2, -0.15) is 5.10 Å². The molecule has 0 fully saturated rings. The molecule has 0 saturated heterocycles. The maximum absolute atomic E-state index is 5.74. The quantitative estimate of drug-likeness (QED) is 0.884. The number of aryl methyl sites for hydroxylation is 2. The Labute approximate surface area is 112 Å². The zero-order chi connectivity index (χ0) is 14.0. The van der Waals surface area contributed by atoms with E-state index in [4.69, 9.17) is 15.2 Å². The second kappa shape index (κ2) is 5.32. The third-order valence-electron chi connectivity index (χ3n) is 3.17. The Hall–Kier alpha value is -2.01. The number of nitrogens with one attached hydrogen (secondary N) is 1. The van der Waals surface area contributed by atoms with Crippen molar-refractivity contribution >= 4 is 0 Å². The summed E-state index contributed by atoms with van der Waals surface area (Å²) in [4.78, 5) is 0. The van der Waals surface area contributed by atoms with Crippen molar-refractivity contribution in [3.63, 3.8) is 0 Å². The van der Waals surface area contributed by atoms with Gasteiger partial charge in [-0.3, -0.25) is 5.10 Å². The lowest BCUT2D eigenvalue weighted by atomic mass is 9.99.